The molecular weight excluding hydrogens is 914 g/mol. The number of phenols is 1. The number of aromatic nitrogens is 3. The number of aromatic hydroxyl groups is 1. The molecule has 1 atom stereocenters. The number of nitrogens with one attached hydrogen (secondary N) is 1. The molecule has 0 aliphatic carbocycles. The third-order valence-electron chi connectivity index (χ3n) is 7.82. The molecule has 5 rings (SSSR count). The highest BCUT2D eigenvalue weighted by atomic mass is 35.5. The van der Waals surface area contributed by atoms with Gasteiger partial charge in [0.25, 0.3) is 20.2 Å². The van der Waals surface area contributed by atoms with Gasteiger partial charge in [-0.05, 0) is 66.2 Å². The summed E-state index contributed by atoms with van der Waals surface area (Å²) in [7, 11) is -17.3. The molecule has 4 aromatic carbocycles. The molecule has 1 unspecified atom stereocenters. The van der Waals surface area contributed by atoms with Crippen LogP contribution in [-0.2, 0) is 44.7 Å². The maximum atomic E-state index is 12.6. The number of nitrogens with zero attached hydrogens (tertiary/aromatic N) is 8. The third-order valence-corrected chi connectivity index (χ3v) is 11.8. The van der Waals surface area contributed by atoms with Crippen LogP contribution in [0.15, 0.2) is 120 Å². The Kier molecular flexibility index (Phi) is 13.8. The van der Waals surface area contributed by atoms with Crippen LogP contribution in [0, 0.1) is 0 Å². The van der Waals surface area contributed by atoms with Crippen molar-refractivity contribution in [3.05, 3.63) is 101 Å². The van der Waals surface area contributed by atoms with Crippen LogP contribution in [0.2, 0.25) is 5.28 Å². The zero-order chi connectivity index (χ0) is 44.9. The summed E-state index contributed by atoms with van der Waals surface area (Å²) in [6.45, 7) is -0.842. The van der Waals surface area contributed by atoms with Gasteiger partial charge in [-0.15, -0.1) is 5.11 Å². The van der Waals surface area contributed by atoms with E-state index in [1.54, 1.807) is 18.2 Å². The molecule has 24 nitrogen and oxygen atoms in total. The smallest absolute Gasteiger partial charge is 0.397 e. The maximum Gasteiger partial charge on any atom is 0.397 e. The van der Waals surface area contributed by atoms with E-state index < -0.39 is 114 Å². The Balaban J connectivity index is 1.48. The Bertz CT molecular complexity index is 3000. The zero-order valence-electron chi connectivity index (χ0n) is 30.5. The number of phenolic OH excluding ortho intramolecular Hbond substituents is 1. The molecule has 0 aliphatic heterocycles. The van der Waals surface area contributed by atoms with Crippen LogP contribution in [0.1, 0.15) is 22.1 Å². The number of sulfone groups is 1. The van der Waals surface area contributed by atoms with E-state index in [-0.39, 0.29) is 22.1 Å². The second-order valence-corrected chi connectivity index (χ2v) is 18.3. The van der Waals surface area contributed by atoms with E-state index in [4.69, 9.17) is 16.2 Å². The van der Waals surface area contributed by atoms with Crippen LogP contribution in [-0.4, -0.2) is 97.9 Å². The first-order chi connectivity index (χ1) is 28.4. The summed E-state index contributed by atoms with van der Waals surface area (Å²) in [6, 6.07) is 16.8. The highest BCUT2D eigenvalue weighted by Crippen LogP contribution is 2.40. The molecule has 0 spiro atoms. The van der Waals surface area contributed by atoms with Gasteiger partial charge in [0.1, 0.15) is 11.4 Å². The molecule has 0 saturated heterocycles. The van der Waals surface area contributed by atoms with Crippen LogP contribution in [0.25, 0.3) is 0 Å². The summed E-state index contributed by atoms with van der Waals surface area (Å²) >= 11 is 6.16. The largest absolute Gasteiger partial charge is 0.504 e. The number of carboxylic acids is 1. The Labute approximate surface area is 350 Å². The second kappa shape index (κ2) is 18.2. The molecular formula is C32H28ClN9O15S4. The number of carboxylic acid groups (broad SMARTS) is 1. The monoisotopic (exact) mass is 941 g/mol. The van der Waals surface area contributed by atoms with Crippen molar-refractivity contribution in [2.75, 3.05) is 29.6 Å². The molecule has 0 aliphatic rings. The number of anilines is 4. The summed E-state index contributed by atoms with van der Waals surface area (Å²) in [6.07, 6.45) is -1.46. The number of hydrogen-bond donors (Lipinski definition) is 6. The first kappa shape index (κ1) is 46.0. The number of carbonyl (C=O) groups is 1. The molecule has 0 amide bonds. The normalized spacial score (nSPS) is 13.1. The minimum absolute atomic E-state index is 0.172. The molecule has 0 fully saturated rings. The first-order valence-electron chi connectivity index (χ1n) is 16.3. The second-order valence-electron chi connectivity index (χ2n) is 12.0. The fraction of sp³-hybridized carbons (Fsp3) is 0.125. The van der Waals surface area contributed by atoms with Gasteiger partial charge in [-0.1, -0.05) is 30.3 Å². The van der Waals surface area contributed by atoms with E-state index in [0.717, 1.165) is 30.3 Å². The quantitative estimate of drug-likeness (QED) is 0.0401. The van der Waals surface area contributed by atoms with E-state index in [1.165, 1.54) is 48.3 Å². The van der Waals surface area contributed by atoms with Gasteiger partial charge >= 0.3 is 16.4 Å². The summed E-state index contributed by atoms with van der Waals surface area (Å²) in [5.74, 6) is -3.66. The summed E-state index contributed by atoms with van der Waals surface area (Å²) < 4.78 is 127. The zero-order valence-corrected chi connectivity index (χ0v) is 34.5. The van der Waals surface area contributed by atoms with Crippen molar-refractivity contribution in [2.45, 2.75) is 20.9 Å². The van der Waals surface area contributed by atoms with E-state index in [2.05, 4.69) is 44.9 Å². The highest BCUT2D eigenvalue weighted by Gasteiger charge is 2.22. The van der Waals surface area contributed by atoms with Crippen molar-refractivity contribution in [3.8, 4) is 5.75 Å². The van der Waals surface area contributed by atoms with Gasteiger partial charge in [-0.25, -0.2) is 17.4 Å². The van der Waals surface area contributed by atoms with Crippen molar-refractivity contribution in [1.82, 2.24) is 15.0 Å². The van der Waals surface area contributed by atoms with Gasteiger partial charge in [0.05, 0.1) is 38.3 Å². The number of hydrogen-bond acceptors (Lipinski definition) is 20. The van der Waals surface area contributed by atoms with E-state index in [0.29, 0.717) is 0 Å². The van der Waals surface area contributed by atoms with Crippen LogP contribution in [0.4, 0.5) is 34.6 Å². The van der Waals surface area contributed by atoms with Gasteiger partial charge in [-0.2, -0.15) is 55.5 Å². The molecule has 0 saturated carbocycles. The molecule has 1 heterocycles. The lowest BCUT2D eigenvalue weighted by Gasteiger charge is -2.18. The van der Waals surface area contributed by atoms with Gasteiger partial charge in [0.15, 0.2) is 15.6 Å². The predicted octanol–water partition coefficient (Wildman–Crippen LogP) is 5.09. The number of aromatic carboxylic acids is 1. The Morgan fingerprint density at radius 2 is 1.38 bits per heavy atom. The van der Waals surface area contributed by atoms with Gasteiger partial charge in [0.2, 0.25) is 23.3 Å². The lowest BCUT2D eigenvalue weighted by atomic mass is 10.2. The lowest BCUT2D eigenvalue weighted by molar-refractivity contribution is 0.0697. The molecule has 322 valence electrons. The number of benzene rings is 4. The van der Waals surface area contributed by atoms with Crippen molar-refractivity contribution < 1.29 is 66.5 Å². The van der Waals surface area contributed by atoms with Crippen LogP contribution >= 0.6 is 11.6 Å². The first-order valence-corrected chi connectivity index (χ1v) is 22.6. The van der Waals surface area contributed by atoms with E-state index >= 15 is 0 Å². The molecule has 29 heteroatoms. The third kappa shape index (κ3) is 12.2. The van der Waals surface area contributed by atoms with Crippen LogP contribution in [0.3, 0.4) is 0 Å². The fourth-order valence-electron chi connectivity index (χ4n) is 4.89. The number of rotatable bonds is 17. The van der Waals surface area contributed by atoms with Crippen LogP contribution < -0.4 is 10.2 Å². The van der Waals surface area contributed by atoms with Gasteiger partial charge in [-0.3, -0.25) is 13.7 Å². The molecule has 5 aromatic rings. The van der Waals surface area contributed by atoms with Crippen molar-refractivity contribution in [1.29, 1.82) is 0 Å². The Hall–Kier alpha value is -6.11. The standard InChI is InChI=1S/C32H28ClN9O15S4/c1-42(19-7-9-20(10-8-19)58(46,47)14-13-57-61(54,55)56)32-36-30(33)35-31(37-32)34-25-16-22(60(51,52)53)17-26(27(25)43)39-41-28(18-5-3-2-4-6-18)40-38-24-15-21(59(48,49)50)11-12-23(24)29(44)45/h2-12,15-17,28,43H,13-14H2,1H3,(H,44,45)(H,48,49,50)(H,51,52,53)(H,54,55,56)(H,34,35,36,37). The number of azo groups is 2. The molecule has 0 bridgehead atoms. The lowest BCUT2D eigenvalue weighted by Crippen LogP contribution is -2.16. The Morgan fingerprint density at radius 1 is 0.787 bits per heavy atom. The average Bonchev–Trinajstić information content (AvgIpc) is 3.17. The van der Waals surface area contributed by atoms with Gasteiger partial charge in [0, 0.05) is 18.3 Å². The SMILES string of the molecule is CN(c1ccc(S(=O)(=O)CCOS(=O)(=O)O)cc1)c1nc(Cl)nc(Nc2cc(S(=O)(=O)O)cc(N=NC(N=Nc3cc(S(=O)(=O)O)ccc3C(=O)O)c3ccccc3)c2O)n1. The van der Waals surface area contributed by atoms with Crippen molar-refractivity contribution in [2.24, 2.45) is 20.5 Å². The molecule has 61 heavy (non-hydrogen) atoms. The minimum Gasteiger partial charge on any atom is -0.504 e. The van der Waals surface area contributed by atoms with Crippen molar-refractivity contribution >= 4 is 92.7 Å². The fourth-order valence-corrected chi connectivity index (χ4v) is 7.56. The summed E-state index contributed by atoms with van der Waals surface area (Å²) in [5, 5.41) is 38.7. The van der Waals surface area contributed by atoms with Crippen LogP contribution in [0.5, 0.6) is 5.75 Å². The van der Waals surface area contributed by atoms with E-state index in [1.807, 2.05) is 0 Å². The average molecular weight is 942 g/mol. The Morgan fingerprint density at radius 3 is 1.97 bits per heavy atom. The predicted molar refractivity (Wildman–Crippen MR) is 212 cm³/mol. The topological polar surface area (TPSA) is 367 Å². The van der Waals surface area contributed by atoms with Gasteiger partial charge < -0.3 is 20.4 Å². The maximum absolute atomic E-state index is 12.6. The number of halogens is 1. The van der Waals surface area contributed by atoms with Crippen molar-refractivity contribution in [3.63, 3.8) is 0 Å². The summed E-state index contributed by atoms with van der Waals surface area (Å²) in [5.41, 5.74) is -1.52. The minimum atomic E-state index is -5.01. The van der Waals surface area contributed by atoms with E-state index in [9.17, 15) is 57.8 Å². The molecule has 6 N–H and O–H groups in total. The summed E-state index contributed by atoms with van der Waals surface area (Å²) in [4.78, 5) is 23.6. The molecule has 0 radical (unpaired) electrons. The highest BCUT2D eigenvalue weighted by molar-refractivity contribution is 7.91. The molecule has 1 aromatic heterocycles.